The molecule has 1 saturated heterocycles. The molecule has 0 unspecified atom stereocenters. The second-order valence-corrected chi connectivity index (χ2v) is 7.14. The molecule has 1 fully saturated rings. The summed E-state index contributed by atoms with van der Waals surface area (Å²) in [5, 5.41) is 0.557. The lowest BCUT2D eigenvalue weighted by atomic mass is 10.0. The van der Waals surface area contributed by atoms with E-state index in [1.54, 1.807) is 29.2 Å². The molecule has 0 spiro atoms. The number of nitrogens with zero attached hydrogens (tertiary/aromatic N) is 1. The minimum Gasteiger partial charge on any atom is -0.490 e. The molecule has 3 rings (SSSR count). The number of hydrogen-bond donors (Lipinski definition) is 0. The van der Waals surface area contributed by atoms with E-state index < -0.39 is 11.6 Å². The predicted molar refractivity (Wildman–Crippen MR) is 102 cm³/mol. The summed E-state index contributed by atoms with van der Waals surface area (Å²) in [5.41, 5.74) is 0.538. The van der Waals surface area contributed by atoms with Crippen molar-refractivity contribution in [2.45, 2.75) is 31.8 Å². The third-order valence-electron chi connectivity index (χ3n) is 4.72. The molecular formula is C21H20ClF2NO3. The number of Topliss-reactive ketones (excluding diaryl/α,β-unsaturated/α-hetero) is 1. The molecule has 1 aliphatic rings. The second-order valence-electron chi connectivity index (χ2n) is 6.70. The van der Waals surface area contributed by atoms with E-state index in [9.17, 15) is 18.4 Å². The van der Waals surface area contributed by atoms with Crippen LogP contribution >= 0.6 is 11.6 Å². The van der Waals surface area contributed by atoms with E-state index in [2.05, 4.69) is 0 Å². The Morgan fingerprint density at radius 1 is 1.00 bits per heavy atom. The van der Waals surface area contributed by atoms with E-state index in [1.165, 1.54) is 6.07 Å². The first-order valence-corrected chi connectivity index (χ1v) is 9.48. The highest BCUT2D eigenvalue weighted by molar-refractivity contribution is 6.30. The average Bonchev–Trinajstić information content (AvgIpc) is 2.70. The SMILES string of the molecule is O=C(CCC(=O)N1CCC(Oc2ccc(F)c(F)c2)CC1)c1ccc(Cl)cc1. The Morgan fingerprint density at radius 2 is 1.68 bits per heavy atom. The molecule has 0 N–H and O–H groups in total. The highest BCUT2D eigenvalue weighted by atomic mass is 35.5. The van der Waals surface area contributed by atoms with Gasteiger partial charge in [0.05, 0.1) is 0 Å². The maximum absolute atomic E-state index is 13.3. The normalized spacial score (nSPS) is 14.8. The number of hydrogen-bond acceptors (Lipinski definition) is 3. The van der Waals surface area contributed by atoms with Gasteiger partial charge >= 0.3 is 0 Å². The maximum Gasteiger partial charge on any atom is 0.223 e. The Bertz CT molecular complexity index is 849. The van der Waals surface area contributed by atoms with Crippen molar-refractivity contribution < 1.29 is 23.1 Å². The van der Waals surface area contributed by atoms with Crippen molar-refractivity contribution in [2.24, 2.45) is 0 Å². The van der Waals surface area contributed by atoms with Gasteiger partial charge in [0.15, 0.2) is 17.4 Å². The van der Waals surface area contributed by atoms with Crippen molar-refractivity contribution >= 4 is 23.3 Å². The third kappa shape index (κ3) is 5.29. The Balaban J connectivity index is 1.43. The standard InChI is InChI=1S/C21H20ClF2NO3/c22-15-3-1-14(2-4-15)20(26)7-8-21(27)25-11-9-16(10-12-25)28-17-5-6-18(23)19(24)13-17/h1-6,13,16H,7-12H2. The minimum absolute atomic E-state index is 0.0754. The molecule has 2 aromatic rings. The lowest BCUT2D eigenvalue weighted by Gasteiger charge is -2.32. The number of carbonyl (C=O) groups excluding carboxylic acids is 2. The monoisotopic (exact) mass is 407 g/mol. The molecule has 28 heavy (non-hydrogen) atoms. The molecule has 0 atom stereocenters. The molecular weight excluding hydrogens is 388 g/mol. The largest absolute Gasteiger partial charge is 0.490 e. The second kappa shape index (κ2) is 9.15. The Hall–Kier alpha value is -2.47. The smallest absolute Gasteiger partial charge is 0.223 e. The van der Waals surface area contributed by atoms with Crippen LogP contribution in [0.3, 0.4) is 0 Å². The summed E-state index contributed by atoms with van der Waals surface area (Å²) in [7, 11) is 0. The Kier molecular flexibility index (Phi) is 6.62. The molecule has 148 valence electrons. The third-order valence-corrected chi connectivity index (χ3v) is 4.97. The van der Waals surface area contributed by atoms with Crippen molar-refractivity contribution in [1.82, 2.24) is 4.90 Å². The number of halogens is 3. The van der Waals surface area contributed by atoms with Crippen LogP contribution in [0.15, 0.2) is 42.5 Å². The zero-order valence-corrected chi connectivity index (χ0v) is 15.9. The summed E-state index contributed by atoms with van der Waals surface area (Å²) in [6, 6.07) is 10.0. The fourth-order valence-corrected chi connectivity index (χ4v) is 3.25. The van der Waals surface area contributed by atoms with Gasteiger partial charge < -0.3 is 9.64 Å². The number of ether oxygens (including phenoxy) is 1. The van der Waals surface area contributed by atoms with Crippen LogP contribution in [0.2, 0.25) is 5.02 Å². The zero-order valence-electron chi connectivity index (χ0n) is 15.2. The van der Waals surface area contributed by atoms with E-state index in [4.69, 9.17) is 16.3 Å². The quantitative estimate of drug-likeness (QED) is 0.655. The number of amides is 1. The first-order valence-electron chi connectivity index (χ1n) is 9.10. The van der Waals surface area contributed by atoms with Gasteiger partial charge in [-0.1, -0.05) is 11.6 Å². The minimum atomic E-state index is -0.949. The number of piperidine rings is 1. The van der Waals surface area contributed by atoms with E-state index in [0.29, 0.717) is 36.5 Å². The van der Waals surface area contributed by atoms with Crippen LogP contribution < -0.4 is 4.74 Å². The van der Waals surface area contributed by atoms with Gasteiger partial charge in [0.2, 0.25) is 5.91 Å². The van der Waals surface area contributed by atoms with Gasteiger partial charge in [-0.2, -0.15) is 0 Å². The van der Waals surface area contributed by atoms with Gasteiger partial charge in [0.1, 0.15) is 11.9 Å². The fourth-order valence-electron chi connectivity index (χ4n) is 3.12. The van der Waals surface area contributed by atoms with Crippen LogP contribution in [0.25, 0.3) is 0 Å². The molecule has 0 saturated carbocycles. The lowest BCUT2D eigenvalue weighted by molar-refractivity contribution is -0.132. The highest BCUT2D eigenvalue weighted by Crippen LogP contribution is 2.22. The summed E-state index contributed by atoms with van der Waals surface area (Å²) in [4.78, 5) is 26.2. The van der Waals surface area contributed by atoms with Crippen LogP contribution in [0, 0.1) is 11.6 Å². The molecule has 0 radical (unpaired) electrons. The van der Waals surface area contributed by atoms with Gasteiger partial charge in [0, 0.05) is 55.4 Å². The Morgan fingerprint density at radius 3 is 2.32 bits per heavy atom. The van der Waals surface area contributed by atoms with Gasteiger partial charge in [0.25, 0.3) is 0 Å². The van der Waals surface area contributed by atoms with Crippen molar-refractivity contribution in [2.75, 3.05) is 13.1 Å². The molecule has 4 nitrogen and oxygen atoms in total. The van der Waals surface area contributed by atoms with E-state index in [0.717, 1.165) is 12.1 Å². The van der Waals surface area contributed by atoms with Crippen molar-refractivity contribution in [3.8, 4) is 5.75 Å². The molecule has 0 aromatic heterocycles. The number of likely N-dealkylation sites (tertiary alicyclic amines) is 1. The number of benzene rings is 2. The number of rotatable bonds is 6. The summed E-state index contributed by atoms with van der Waals surface area (Å²) in [5.74, 6) is -1.76. The van der Waals surface area contributed by atoms with Crippen molar-refractivity contribution in [3.05, 3.63) is 64.7 Å². The summed E-state index contributed by atoms with van der Waals surface area (Å²) in [6.45, 7) is 1.00. The van der Waals surface area contributed by atoms with Gasteiger partial charge in [-0.3, -0.25) is 9.59 Å². The van der Waals surface area contributed by atoms with Crippen LogP contribution in [0.5, 0.6) is 5.75 Å². The van der Waals surface area contributed by atoms with Gasteiger partial charge in [-0.05, 0) is 36.4 Å². The van der Waals surface area contributed by atoms with Crippen molar-refractivity contribution in [3.63, 3.8) is 0 Å². The first-order chi connectivity index (χ1) is 13.4. The molecule has 1 amide bonds. The summed E-state index contributed by atoms with van der Waals surface area (Å²) >= 11 is 5.81. The molecule has 0 bridgehead atoms. The van der Waals surface area contributed by atoms with E-state index >= 15 is 0 Å². The maximum atomic E-state index is 13.3. The van der Waals surface area contributed by atoms with Crippen molar-refractivity contribution in [1.29, 1.82) is 0 Å². The summed E-state index contributed by atoms with van der Waals surface area (Å²) < 4.78 is 31.9. The molecule has 2 aromatic carbocycles. The van der Waals surface area contributed by atoms with E-state index in [1.807, 2.05) is 0 Å². The van der Waals surface area contributed by atoms with E-state index in [-0.39, 0.29) is 36.4 Å². The molecule has 7 heteroatoms. The number of carbonyl (C=O) groups is 2. The Labute approximate surface area is 167 Å². The predicted octanol–water partition coefficient (Wildman–Crippen LogP) is 4.65. The highest BCUT2D eigenvalue weighted by Gasteiger charge is 2.24. The van der Waals surface area contributed by atoms with Crippen LogP contribution in [-0.4, -0.2) is 35.8 Å². The topological polar surface area (TPSA) is 46.6 Å². The molecule has 1 heterocycles. The fraction of sp³-hybridized carbons (Fsp3) is 0.333. The van der Waals surface area contributed by atoms with Crippen LogP contribution in [-0.2, 0) is 4.79 Å². The lowest BCUT2D eigenvalue weighted by Crippen LogP contribution is -2.41. The molecule has 1 aliphatic heterocycles. The van der Waals surface area contributed by atoms with Crippen LogP contribution in [0.1, 0.15) is 36.0 Å². The first kappa shape index (κ1) is 20.3. The molecule has 0 aliphatic carbocycles. The van der Waals surface area contributed by atoms with Gasteiger partial charge in [-0.15, -0.1) is 0 Å². The van der Waals surface area contributed by atoms with Gasteiger partial charge in [-0.25, -0.2) is 8.78 Å². The number of ketones is 1. The summed E-state index contributed by atoms with van der Waals surface area (Å²) in [6.07, 6.45) is 1.32. The average molecular weight is 408 g/mol. The van der Waals surface area contributed by atoms with Crippen LogP contribution in [0.4, 0.5) is 8.78 Å². The zero-order chi connectivity index (χ0) is 20.1.